The normalized spacial score (nSPS) is 21.4. The Balaban J connectivity index is 1.36. The molecule has 2 aromatic rings. The van der Waals surface area contributed by atoms with Crippen LogP contribution in [0.2, 0.25) is 0 Å². The van der Waals surface area contributed by atoms with Crippen LogP contribution in [-0.4, -0.2) is 15.9 Å². The Morgan fingerprint density at radius 2 is 1.31 bits per heavy atom. The molecule has 2 saturated carbocycles. The van der Waals surface area contributed by atoms with Gasteiger partial charge in [-0.15, -0.1) is 0 Å². The van der Waals surface area contributed by atoms with Gasteiger partial charge in [-0.3, -0.25) is 0 Å². The molecule has 0 unspecified atom stereocenters. The van der Waals surface area contributed by atoms with Gasteiger partial charge in [-0.25, -0.2) is 4.98 Å². The van der Waals surface area contributed by atoms with Crippen LogP contribution in [0, 0.1) is 5.92 Å². The highest BCUT2D eigenvalue weighted by atomic mass is 15.0. The van der Waals surface area contributed by atoms with Gasteiger partial charge < -0.3 is 9.72 Å². The number of rotatable bonds is 5. The molecule has 0 spiro atoms. The van der Waals surface area contributed by atoms with Crippen molar-refractivity contribution in [2.24, 2.45) is 5.92 Å². The molecule has 2 aliphatic rings. The van der Waals surface area contributed by atoms with Crippen molar-refractivity contribution in [1.29, 1.82) is 0 Å². The quantitative estimate of drug-likeness (QED) is 0.506. The van der Waals surface area contributed by atoms with Gasteiger partial charge >= 0.3 is 0 Å². The number of aromatic nitrogens is 2. The van der Waals surface area contributed by atoms with Gasteiger partial charge in [-0.1, -0.05) is 103 Å². The van der Waals surface area contributed by atoms with Crippen molar-refractivity contribution in [1.82, 2.24) is 9.38 Å². The lowest BCUT2D eigenvalue weighted by Gasteiger charge is -2.22. The zero-order chi connectivity index (χ0) is 21.8. The third-order valence-electron chi connectivity index (χ3n) is 8.18. The fourth-order valence-electron chi connectivity index (χ4n) is 6.15. The minimum atomic E-state index is 0.717. The van der Waals surface area contributed by atoms with Crippen molar-refractivity contribution in [3.05, 3.63) is 30.2 Å². The summed E-state index contributed by atoms with van der Waals surface area (Å²) in [5.74, 6) is 1.61. The number of imidazole rings is 1. The van der Waals surface area contributed by atoms with Crippen molar-refractivity contribution in [3.63, 3.8) is 0 Å². The lowest BCUT2D eigenvalue weighted by Crippen LogP contribution is -2.12. The molecule has 0 aromatic carbocycles. The Morgan fingerprint density at radius 1 is 0.750 bits per heavy atom. The molecule has 32 heavy (non-hydrogen) atoms. The molecule has 0 amide bonds. The third kappa shape index (κ3) is 7.25. The maximum absolute atomic E-state index is 4.67. The minimum Gasteiger partial charge on any atom is -0.382 e. The van der Waals surface area contributed by atoms with E-state index in [1.807, 2.05) is 6.20 Å². The number of hydrogen-bond donors (Lipinski definition) is 1. The van der Waals surface area contributed by atoms with Crippen LogP contribution in [-0.2, 0) is 0 Å². The molecule has 1 N–H and O–H groups in total. The van der Waals surface area contributed by atoms with Crippen LogP contribution in [0.25, 0.3) is 5.65 Å². The van der Waals surface area contributed by atoms with Crippen LogP contribution in [0.3, 0.4) is 0 Å². The fourth-order valence-corrected chi connectivity index (χ4v) is 6.15. The summed E-state index contributed by atoms with van der Waals surface area (Å²) in [5, 5.41) is 3.83. The van der Waals surface area contributed by atoms with Crippen molar-refractivity contribution in [2.45, 2.75) is 128 Å². The molecule has 3 heteroatoms. The number of nitrogens with zero attached hydrogens (tertiary/aromatic N) is 2. The van der Waals surface area contributed by atoms with E-state index in [-0.39, 0.29) is 0 Å². The number of nitrogens with one attached hydrogen (secondary N) is 1. The number of hydrogen-bond acceptors (Lipinski definition) is 2. The first-order valence-corrected chi connectivity index (χ1v) is 14.1. The largest absolute Gasteiger partial charge is 0.382 e. The van der Waals surface area contributed by atoms with E-state index < -0.39 is 0 Å². The summed E-state index contributed by atoms with van der Waals surface area (Å²) in [6.07, 6.45) is 33.4. The van der Waals surface area contributed by atoms with Crippen LogP contribution in [0.5, 0.6) is 0 Å². The molecule has 0 aliphatic heterocycles. The molecule has 3 nitrogen and oxygen atoms in total. The average Bonchev–Trinajstić information content (AvgIpc) is 3.24. The van der Waals surface area contributed by atoms with E-state index in [2.05, 4.69) is 33.2 Å². The molecule has 2 aliphatic carbocycles. The topological polar surface area (TPSA) is 29.3 Å². The van der Waals surface area contributed by atoms with Gasteiger partial charge in [0, 0.05) is 25.1 Å². The molecule has 0 saturated heterocycles. The predicted octanol–water partition coefficient (Wildman–Crippen LogP) is 8.89. The minimum absolute atomic E-state index is 0.717. The second kappa shape index (κ2) is 13.3. The summed E-state index contributed by atoms with van der Waals surface area (Å²) in [4.78, 5) is 4.67. The van der Waals surface area contributed by atoms with Crippen molar-refractivity contribution >= 4 is 11.3 Å². The molecular weight excluding hydrogens is 390 g/mol. The monoisotopic (exact) mass is 437 g/mol. The van der Waals surface area contributed by atoms with Gasteiger partial charge in [0.15, 0.2) is 5.65 Å². The first-order valence-electron chi connectivity index (χ1n) is 14.1. The Morgan fingerprint density at radius 3 is 1.94 bits per heavy atom. The molecular formula is C29H47N3. The van der Waals surface area contributed by atoms with Gasteiger partial charge in [0.2, 0.25) is 0 Å². The molecule has 2 aromatic heterocycles. The van der Waals surface area contributed by atoms with E-state index in [1.165, 1.54) is 133 Å². The van der Waals surface area contributed by atoms with Crippen molar-refractivity contribution < 1.29 is 0 Å². The first-order chi connectivity index (χ1) is 15.9. The summed E-state index contributed by atoms with van der Waals surface area (Å²) in [6, 6.07) is 2.44. The molecule has 0 atom stereocenters. The Kier molecular flexibility index (Phi) is 9.80. The Bertz CT molecular complexity index is 760. The van der Waals surface area contributed by atoms with Crippen LogP contribution in [0.15, 0.2) is 24.7 Å². The van der Waals surface area contributed by atoms with Crippen LogP contribution < -0.4 is 5.32 Å². The molecule has 178 valence electrons. The first kappa shape index (κ1) is 23.6. The smallest absolute Gasteiger partial charge is 0.160 e. The van der Waals surface area contributed by atoms with Crippen molar-refractivity contribution in [3.8, 4) is 0 Å². The highest BCUT2D eigenvalue weighted by molar-refractivity contribution is 5.68. The Hall–Kier alpha value is -1.51. The van der Waals surface area contributed by atoms with Gasteiger partial charge in [0.05, 0.1) is 5.69 Å². The lowest BCUT2D eigenvalue weighted by molar-refractivity contribution is 0.381. The summed E-state index contributed by atoms with van der Waals surface area (Å²) in [6.45, 7) is 1.08. The van der Waals surface area contributed by atoms with Gasteiger partial charge in [0.1, 0.15) is 0 Å². The Labute approximate surface area is 196 Å². The number of fused-ring (bicyclic) bond motifs is 1. The predicted molar refractivity (Wildman–Crippen MR) is 138 cm³/mol. The third-order valence-corrected chi connectivity index (χ3v) is 8.18. The van der Waals surface area contributed by atoms with E-state index in [0.29, 0.717) is 5.92 Å². The molecule has 2 heterocycles. The van der Waals surface area contributed by atoms with Gasteiger partial charge in [-0.2, -0.15) is 0 Å². The van der Waals surface area contributed by atoms with Crippen LogP contribution in [0.4, 0.5) is 5.69 Å². The average molecular weight is 438 g/mol. The molecule has 4 rings (SSSR count). The van der Waals surface area contributed by atoms with E-state index in [1.54, 1.807) is 0 Å². The SMILES string of the molecule is c1cn2cc(C3CCCCCCC3)cc(NCCC3CCCCCCCCCCC3)c2n1. The molecule has 0 bridgehead atoms. The number of pyridine rings is 1. The lowest BCUT2D eigenvalue weighted by atomic mass is 9.86. The van der Waals surface area contributed by atoms with Gasteiger partial charge in [0.25, 0.3) is 0 Å². The maximum Gasteiger partial charge on any atom is 0.160 e. The molecule has 2 fully saturated rings. The highest BCUT2D eigenvalue weighted by Crippen LogP contribution is 2.33. The van der Waals surface area contributed by atoms with Crippen LogP contribution in [0.1, 0.15) is 133 Å². The number of anilines is 1. The molecule has 0 radical (unpaired) electrons. The summed E-state index contributed by atoms with van der Waals surface area (Å²) in [7, 11) is 0. The highest BCUT2D eigenvalue weighted by Gasteiger charge is 2.17. The second-order valence-electron chi connectivity index (χ2n) is 10.7. The van der Waals surface area contributed by atoms with Crippen molar-refractivity contribution in [2.75, 3.05) is 11.9 Å². The van der Waals surface area contributed by atoms with E-state index in [9.17, 15) is 0 Å². The van der Waals surface area contributed by atoms with E-state index >= 15 is 0 Å². The summed E-state index contributed by atoms with van der Waals surface area (Å²) in [5.41, 5.74) is 3.87. The van der Waals surface area contributed by atoms with E-state index in [0.717, 1.165) is 18.1 Å². The van der Waals surface area contributed by atoms with Crippen LogP contribution >= 0.6 is 0 Å². The van der Waals surface area contributed by atoms with Gasteiger partial charge in [-0.05, 0) is 42.7 Å². The second-order valence-corrected chi connectivity index (χ2v) is 10.7. The summed E-state index contributed by atoms with van der Waals surface area (Å²) >= 11 is 0. The maximum atomic E-state index is 4.67. The summed E-state index contributed by atoms with van der Waals surface area (Å²) < 4.78 is 2.26. The fraction of sp³-hybridized carbons (Fsp3) is 0.759. The standard InChI is InChI=1S/C29H47N3/c1-2-4-7-11-15-25(16-12-8-5-3-1)19-20-30-28-23-27(24-32-22-21-31-29(28)32)26-17-13-9-6-10-14-18-26/h21-26,30H,1-20H2. The van der Waals surface area contributed by atoms with E-state index in [4.69, 9.17) is 0 Å². The zero-order valence-electron chi connectivity index (χ0n) is 20.5. The zero-order valence-corrected chi connectivity index (χ0v) is 20.5.